The zero-order chi connectivity index (χ0) is 49.3. The second kappa shape index (κ2) is 56.2. The Morgan fingerprint density at radius 3 is 0.956 bits per heavy atom. The fourth-order valence-corrected chi connectivity index (χ4v) is 7.84. The van der Waals surface area contributed by atoms with Gasteiger partial charge in [-0.2, -0.15) is 0 Å². The van der Waals surface area contributed by atoms with E-state index in [4.69, 9.17) is 14.2 Å². The van der Waals surface area contributed by atoms with Crippen molar-refractivity contribution in [2.75, 3.05) is 13.2 Å². The number of carbonyl (C=O) groups is 3. The molecule has 0 N–H and O–H groups in total. The summed E-state index contributed by atoms with van der Waals surface area (Å²) in [6.45, 7) is 6.47. The third kappa shape index (κ3) is 53.5. The van der Waals surface area contributed by atoms with Gasteiger partial charge >= 0.3 is 17.9 Å². The molecule has 0 aliphatic carbocycles. The lowest BCUT2D eigenvalue weighted by molar-refractivity contribution is -0.167. The highest BCUT2D eigenvalue weighted by atomic mass is 16.6. The summed E-state index contributed by atoms with van der Waals surface area (Å²) in [6.07, 6.45) is 72.9. The highest BCUT2D eigenvalue weighted by Gasteiger charge is 2.19. The van der Waals surface area contributed by atoms with Crippen molar-refractivity contribution in [3.8, 4) is 0 Å². The second-order valence-corrected chi connectivity index (χ2v) is 18.8. The number of allylic oxidation sites excluding steroid dienone is 14. The summed E-state index contributed by atoms with van der Waals surface area (Å²) in [5, 5.41) is 0. The summed E-state index contributed by atoms with van der Waals surface area (Å²) in [7, 11) is 0. The van der Waals surface area contributed by atoms with Crippen molar-refractivity contribution < 1.29 is 28.6 Å². The van der Waals surface area contributed by atoms with E-state index in [0.29, 0.717) is 19.3 Å². The largest absolute Gasteiger partial charge is 0.462 e. The molecule has 0 aromatic rings. The van der Waals surface area contributed by atoms with E-state index in [1.165, 1.54) is 116 Å². The van der Waals surface area contributed by atoms with Gasteiger partial charge in [-0.3, -0.25) is 14.4 Å². The zero-order valence-corrected chi connectivity index (χ0v) is 44.6. The molecule has 0 saturated heterocycles. The van der Waals surface area contributed by atoms with Gasteiger partial charge in [0.2, 0.25) is 0 Å². The monoisotopic (exact) mass is 947 g/mol. The van der Waals surface area contributed by atoms with Gasteiger partial charge < -0.3 is 14.2 Å². The zero-order valence-electron chi connectivity index (χ0n) is 44.6. The predicted molar refractivity (Wildman–Crippen MR) is 293 cm³/mol. The predicted octanol–water partition coefficient (Wildman–Crippen LogP) is 19.2. The van der Waals surface area contributed by atoms with Crippen molar-refractivity contribution in [3.05, 3.63) is 85.1 Å². The van der Waals surface area contributed by atoms with Gasteiger partial charge in [-0.25, -0.2) is 0 Å². The molecule has 6 heteroatoms. The minimum Gasteiger partial charge on any atom is -0.462 e. The lowest BCUT2D eigenvalue weighted by Gasteiger charge is -2.18. The molecule has 390 valence electrons. The topological polar surface area (TPSA) is 78.9 Å². The number of hydrogen-bond acceptors (Lipinski definition) is 6. The molecule has 0 amide bonds. The number of hydrogen-bond donors (Lipinski definition) is 0. The van der Waals surface area contributed by atoms with Crippen LogP contribution in [0.4, 0.5) is 0 Å². The molecule has 0 heterocycles. The van der Waals surface area contributed by atoms with Gasteiger partial charge in [0.1, 0.15) is 13.2 Å². The lowest BCUT2D eigenvalue weighted by atomic mass is 10.0. The second-order valence-electron chi connectivity index (χ2n) is 18.8. The fraction of sp³-hybridized carbons (Fsp3) is 0.726. The number of rotatable bonds is 51. The van der Waals surface area contributed by atoms with Gasteiger partial charge in [0.25, 0.3) is 0 Å². The Hall–Kier alpha value is -3.41. The van der Waals surface area contributed by atoms with Crippen molar-refractivity contribution >= 4 is 17.9 Å². The fourth-order valence-electron chi connectivity index (χ4n) is 7.84. The maximum Gasteiger partial charge on any atom is 0.306 e. The molecule has 0 fully saturated rings. The molecule has 0 saturated carbocycles. The summed E-state index contributed by atoms with van der Waals surface area (Å²) >= 11 is 0. The quantitative estimate of drug-likeness (QED) is 0.0262. The highest BCUT2D eigenvalue weighted by Crippen LogP contribution is 2.16. The first kappa shape index (κ1) is 64.6. The van der Waals surface area contributed by atoms with Crippen LogP contribution in [-0.4, -0.2) is 37.2 Å². The molecule has 68 heavy (non-hydrogen) atoms. The van der Waals surface area contributed by atoms with Crippen LogP contribution in [-0.2, 0) is 28.6 Å². The molecule has 1 unspecified atom stereocenters. The van der Waals surface area contributed by atoms with E-state index in [-0.39, 0.29) is 31.1 Å². The minimum atomic E-state index is -0.789. The van der Waals surface area contributed by atoms with Crippen LogP contribution < -0.4 is 0 Å². The summed E-state index contributed by atoms with van der Waals surface area (Å²) in [5.41, 5.74) is 0. The van der Waals surface area contributed by atoms with E-state index >= 15 is 0 Å². The van der Waals surface area contributed by atoms with Crippen molar-refractivity contribution in [1.29, 1.82) is 0 Å². The Labute approximate surface area is 420 Å². The summed E-state index contributed by atoms with van der Waals surface area (Å²) in [4.78, 5) is 38.1. The average molecular weight is 948 g/mol. The third-order valence-electron chi connectivity index (χ3n) is 12.1. The van der Waals surface area contributed by atoms with E-state index in [9.17, 15) is 14.4 Å². The van der Waals surface area contributed by atoms with E-state index < -0.39 is 6.10 Å². The van der Waals surface area contributed by atoms with Gasteiger partial charge in [0.05, 0.1) is 0 Å². The van der Waals surface area contributed by atoms with Crippen LogP contribution in [0.3, 0.4) is 0 Å². The molecule has 0 rings (SSSR count). The van der Waals surface area contributed by atoms with Gasteiger partial charge in [-0.1, -0.05) is 247 Å². The first-order valence-corrected chi connectivity index (χ1v) is 28.6. The van der Waals surface area contributed by atoms with Crippen LogP contribution in [0.15, 0.2) is 85.1 Å². The molecule has 0 radical (unpaired) electrons. The van der Waals surface area contributed by atoms with Crippen LogP contribution >= 0.6 is 0 Å². The van der Waals surface area contributed by atoms with Crippen LogP contribution in [0, 0.1) is 0 Å². The summed E-state index contributed by atoms with van der Waals surface area (Å²) in [5.74, 6) is -0.916. The van der Waals surface area contributed by atoms with E-state index in [0.717, 1.165) is 116 Å². The number of unbranched alkanes of at least 4 members (excludes halogenated alkanes) is 26. The van der Waals surface area contributed by atoms with Crippen LogP contribution in [0.2, 0.25) is 0 Å². The van der Waals surface area contributed by atoms with Crippen molar-refractivity contribution in [1.82, 2.24) is 0 Å². The van der Waals surface area contributed by atoms with Crippen LogP contribution in [0.1, 0.15) is 271 Å². The maximum absolute atomic E-state index is 12.8. The third-order valence-corrected chi connectivity index (χ3v) is 12.1. The van der Waals surface area contributed by atoms with E-state index in [1.54, 1.807) is 0 Å². The standard InChI is InChI=1S/C62H106O6/c1-4-7-10-13-16-19-22-24-26-28-29-30-31-32-33-34-36-37-40-43-46-49-52-55-61(64)67-58-59(57-66-60(63)54-51-48-45-42-39-21-18-15-12-9-6-3)68-62(65)56-53-50-47-44-41-38-35-27-25-23-20-17-14-11-8-5-2/h7,10,15-16,18-19,24,26,29-30,32-33,36-37,59H,4-6,8-9,11-14,17,20-23,25,27-28,31,34-35,38-58H2,1-3H3/b10-7-,18-15-,19-16-,26-24-,30-29-,33-32-,37-36-. The molecule has 0 aromatic carbocycles. The molecule has 0 aliphatic rings. The molecule has 6 nitrogen and oxygen atoms in total. The van der Waals surface area contributed by atoms with Gasteiger partial charge in [-0.05, 0) is 89.9 Å². The lowest BCUT2D eigenvalue weighted by Crippen LogP contribution is -2.30. The average Bonchev–Trinajstić information content (AvgIpc) is 3.34. The molecular weight excluding hydrogens is 841 g/mol. The van der Waals surface area contributed by atoms with E-state index in [2.05, 4.69) is 106 Å². The molecule has 1 atom stereocenters. The summed E-state index contributed by atoms with van der Waals surface area (Å²) < 4.78 is 16.8. The van der Waals surface area contributed by atoms with Crippen LogP contribution in [0.5, 0.6) is 0 Å². The number of esters is 3. The Kier molecular flexibility index (Phi) is 53.4. The molecule has 0 spiro atoms. The molecule has 0 bridgehead atoms. The highest BCUT2D eigenvalue weighted by molar-refractivity contribution is 5.71. The van der Waals surface area contributed by atoms with Gasteiger partial charge in [0.15, 0.2) is 6.10 Å². The van der Waals surface area contributed by atoms with E-state index in [1.807, 2.05) is 0 Å². The normalized spacial score (nSPS) is 12.7. The SMILES string of the molecule is CC/C=C\C/C=C\C/C=C\C/C=C\C/C=C\C/C=C\CCCCCCC(=O)OCC(COC(=O)CCCCCCC/C=C\CCCC)OC(=O)CCCCCCCCCCCCCCCCCC. The Balaban J connectivity index is 4.37. The first-order valence-electron chi connectivity index (χ1n) is 28.6. The first-order chi connectivity index (χ1) is 33.5. The van der Waals surface area contributed by atoms with Crippen LogP contribution in [0.25, 0.3) is 0 Å². The van der Waals surface area contributed by atoms with Crippen molar-refractivity contribution in [2.24, 2.45) is 0 Å². The van der Waals surface area contributed by atoms with Crippen molar-refractivity contribution in [3.63, 3.8) is 0 Å². The smallest absolute Gasteiger partial charge is 0.306 e. The minimum absolute atomic E-state index is 0.0875. The van der Waals surface area contributed by atoms with Gasteiger partial charge in [-0.15, -0.1) is 0 Å². The molecular formula is C62H106O6. The maximum atomic E-state index is 12.8. The molecule has 0 aromatic heterocycles. The Bertz CT molecular complexity index is 1320. The molecule has 0 aliphatic heterocycles. The number of ether oxygens (including phenoxy) is 3. The summed E-state index contributed by atoms with van der Waals surface area (Å²) in [6, 6.07) is 0. The number of carbonyl (C=O) groups excluding carboxylic acids is 3. The van der Waals surface area contributed by atoms with Gasteiger partial charge in [0, 0.05) is 19.3 Å². The van der Waals surface area contributed by atoms with Crippen molar-refractivity contribution in [2.45, 2.75) is 277 Å². The Morgan fingerprint density at radius 2 is 0.588 bits per heavy atom. The Morgan fingerprint density at radius 1 is 0.309 bits per heavy atom.